The lowest BCUT2D eigenvalue weighted by atomic mass is 9.97. The third-order valence-electron chi connectivity index (χ3n) is 3.97. The Bertz CT molecular complexity index is 701. The Kier molecular flexibility index (Phi) is 4.66. The smallest absolute Gasteiger partial charge is 0.228 e. The van der Waals surface area contributed by atoms with Crippen LogP contribution in [-0.2, 0) is 16.0 Å². The van der Waals surface area contributed by atoms with E-state index in [1.807, 2.05) is 17.5 Å². The van der Waals surface area contributed by atoms with E-state index in [-0.39, 0.29) is 24.2 Å². The second-order valence-electron chi connectivity index (χ2n) is 5.64. The second-order valence-corrected chi connectivity index (χ2v) is 6.50. The van der Waals surface area contributed by atoms with E-state index in [9.17, 15) is 9.59 Å². The van der Waals surface area contributed by atoms with Gasteiger partial charge in [-0.1, -0.05) is 0 Å². The van der Waals surface area contributed by atoms with Crippen molar-refractivity contribution in [2.24, 2.45) is 11.7 Å². The highest BCUT2D eigenvalue weighted by molar-refractivity contribution is 7.13. The monoisotopic (exact) mass is 330 g/mol. The topological polar surface area (TPSA) is 89.2 Å². The predicted octanol–water partition coefficient (Wildman–Crippen LogP) is 1.47. The Balaban J connectivity index is 1.64. The summed E-state index contributed by atoms with van der Waals surface area (Å²) in [5.41, 5.74) is 7.05. The van der Waals surface area contributed by atoms with Crippen LogP contribution in [0.5, 0.6) is 0 Å². The minimum Gasteiger partial charge on any atom is -0.369 e. The molecular weight excluding hydrogens is 312 g/mol. The number of hydrogen-bond acceptors (Lipinski definition) is 5. The number of nitrogens with two attached hydrogens (primary N) is 1. The quantitative estimate of drug-likeness (QED) is 0.919. The predicted molar refractivity (Wildman–Crippen MR) is 87.5 cm³/mol. The zero-order valence-electron chi connectivity index (χ0n) is 12.6. The first kappa shape index (κ1) is 15.6. The Morgan fingerprint density at radius 2 is 2.30 bits per heavy atom. The van der Waals surface area contributed by atoms with Crippen LogP contribution in [0.15, 0.2) is 29.9 Å². The van der Waals surface area contributed by atoms with Gasteiger partial charge in [0.05, 0.1) is 18.0 Å². The molecule has 0 bridgehead atoms. The van der Waals surface area contributed by atoms with Crippen molar-refractivity contribution in [3.63, 3.8) is 0 Å². The Morgan fingerprint density at radius 1 is 1.43 bits per heavy atom. The molecule has 2 amide bonds. The maximum absolute atomic E-state index is 12.4. The van der Waals surface area contributed by atoms with E-state index in [4.69, 9.17) is 5.73 Å². The third-order valence-corrected chi connectivity index (χ3v) is 4.91. The summed E-state index contributed by atoms with van der Waals surface area (Å²) in [7, 11) is 0. The number of pyridine rings is 1. The van der Waals surface area contributed by atoms with Crippen LogP contribution in [-0.4, -0.2) is 39.8 Å². The number of primary amides is 1. The van der Waals surface area contributed by atoms with Crippen molar-refractivity contribution in [3.8, 4) is 10.6 Å². The van der Waals surface area contributed by atoms with E-state index in [1.54, 1.807) is 17.3 Å². The molecule has 2 aromatic heterocycles. The number of likely N-dealkylation sites (tertiary alicyclic amines) is 1. The lowest BCUT2D eigenvalue weighted by Gasteiger charge is -2.31. The Labute approximate surface area is 138 Å². The highest BCUT2D eigenvalue weighted by atomic mass is 32.1. The minimum absolute atomic E-state index is 0.000938. The fraction of sp³-hybridized carbons (Fsp3) is 0.375. The van der Waals surface area contributed by atoms with Crippen molar-refractivity contribution < 1.29 is 9.59 Å². The average molecular weight is 330 g/mol. The molecule has 3 rings (SSSR count). The van der Waals surface area contributed by atoms with Gasteiger partial charge in [-0.3, -0.25) is 14.6 Å². The van der Waals surface area contributed by atoms with Crippen molar-refractivity contribution in [2.45, 2.75) is 19.3 Å². The van der Waals surface area contributed by atoms with Crippen LogP contribution < -0.4 is 5.73 Å². The van der Waals surface area contributed by atoms with Gasteiger partial charge in [0.25, 0.3) is 0 Å². The van der Waals surface area contributed by atoms with E-state index in [1.165, 1.54) is 11.3 Å². The first-order valence-corrected chi connectivity index (χ1v) is 8.43. The molecule has 1 fully saturated rings. The van der Waals surface area contributed by atoms with E-state index < -0.39 is 0 Å². The highest BCUT2D eigenvalue weighted by Crippen LogP contribution is 2.23. The van der Waals surface area contributed by atoms with Gasteiger partial charge in [0.2, 0.25) is 11.8 Å². The number of piperidine rings is 1. The fourth-order valence-electron chi connectivity index (χ4n) is 2.71. The second kappa shape index (κ2) is 6.87. The van der Waals surface area contributed by atoms with Crippen molar-refractivity contribution in [1.29, 1.82) is 0 Å². The normalized spacial score (nSPS) is 17.9. The summed E-state index contributed by atoms with van der Waals surface area (Å²) in [6, 6.07) is 3.80. The third kappa shape index (κ3) is 3.73. The number of carbonyl (C=O) groups is 2. The van der Waals surface area contributed by atoms with E-state index >= 15 is 0 Å². The van der Waals surface area contributed by atoms with Crippen LogP contribution >= 0.6 is 11.3 Å². The van der Waals surface area contributed by atoms with Gasteiger partial charge in [0, 0.05) is 36.4 Å². The van der Waals surface area contributed by atoms with Gasteiger partial charge >= 0.3 is 0 Å². The van der Waals surface area contributed by atoms with Gasteiger partial charge in [-0.2, -0.15) is 0 Å². The van der Waals surface area contributed by atoms with E-state index in [0.717, 1.165) is 29.1 Å². The molecule has 120 valence electrons. The first-order valence-electron chi connectivity index (χ1n) is 7.55. The molecule has 0 radical (unpaired) electrons. The Hall–Kier alpha value is -2.28. The van der Waals surface area contributed by atoms with Gasteiger partial charge in [-0.05, 0) is 25.0 Å². The highest BCUT2D eigenvalue weighted by Gasteiger charge is 2.27. The summed E-state index contributed by atoms with van der Waals surface area (Å²) in [5, 5.41) is 2.75. The molecule has 6 nitrogen and oxygen atoms in total. The lowest BCUT2D eigenvalue weighted by Crippen LogP contribution is -2.44. The molecule has 2 aromatic rings. The number of aromatic nitrogens is 2. The molecule has 0 aliphatic carbocycles. The summed E-state index contributed by atoms with van der Waals surface area (Å²) < 4.78 is 0. The van der Waals surface area contributed by atoms with E-state index in [2.05, 4.69) is 9.97 Å². The molecule has 1 saturated heterocycles. The minimum atomic E-state index is -0.324. The standard InChI is InChI=1S/C16H18N4O2S/c17-15(22)12-4-2-6-20(9-12)14(21)7-13-10-23-16(19-13)11-3-1-5-18-8-11/h1,3,5,8,10,12H,2,4,6-7,9H2,(H2,17,22). The summed E-state index contributed by atoms with van der Waals surface area (Å²) in [6.07, 6.45) is 5.31. The molecule has 1 atom stereocenters. The SMILES string of the molecule is NC(=O)C1CCCN(C(=O)Cc2csc(-c3cccnc3)n2)C1. The molecule has 1 unspecified atom stereocenters. The number of rotatable bonds is 4. The van der Waals surface area contributed by atoms with E-state index in [0.29, 0.717) is 13.1 Å². The van der Waals surface area contributed by atoms with Crippen molar-refractivity contribution in [3.05, 3.63) is 35.6 Å². The molecule has 23 heavy (non-hydrogen) atoms. The number of hydrogen-bond donors (Lipinski definition) is 1. The van der Waals surface area contributed by atoms with Gasteiger partial charge in [-0.15, -0.1) is 11.3 Å². The van der Waals surface area contributed by atoms with Crippen LogP contribution in [0.2, 0.25) is 0 Å². The van der Waals surface area contributed by atoms with Crippen LogP contribution in [0.1, 0.15) is 18.5 Å². The largest absolute Gasteiger partial charge is 0.369 e. The Morgan fingerprint density at radius 3 is 3.04 bits per heavy atom. The number of amides is 2. The summed E-state index contributed by atoms with van der Waals surface area (Å²) in [4.78, 5) is 34.0. The molecule has 0 spiro atoms. The molecule has 1 aliphatic heterocycles. The zero-order chi connectivity index (χ0) is 16.2. The summed E-state index contributed by atoms with van der Waals surface area (Å²) in [5.74, 6) is -0.553. The summed E-state index contributed by atoms with van der Waals surface area (Å²) >= 11 is 1.50. The molecule has 1 aliphatic rings. The van der Waals surface area contributed by atoms with Gasteiger partial charge < -0.3 is 10.6 Å². The molecule has 3 heterocycles. The van der Waals surface area contributed by atoms with Crippen LogP contribution in [0.3, 0.4) is 0 Å². The van der Waals surface area contributed by atoms with Crippen LogP contribution in [0, 0.1) is 5.92 Å². The number of nitrogens with zero attached hydrogens (tertiary/aromatic N) is 3. The molecule has 7 heteroatoms. The van der Waals surface area contributed by atoms with Gasteiger partial charge in [0.15, 0.2) is 0 Å². The maximum atomic E-state index is 12.4. The van der Waals surface area contributed by atoms with Crippen molar-refractivity contribution in [2.75, 3.05) is 13.1 Å². The van der Waals surface area contributed by atoms with Gasteiger partial charge in [-0.25, -0.2) is 4.98 Å². The molecule has 0 saturated carbocycles. The first-order chi connectivity index (χ1) is 11.1. The number of thiazole rings is 1. The van der Waals surface area contributed by atoms with Crippen molar-refractivity contribution >= 4 is 23.2 Å². The van der Waals surface area contributed by atoms with Crippen molar-refractivity contribution in [1.82, 2.24) is 14.9 Å². The van der Waals surface area contributed by atoms with Crippen LogP contribution in [0.4, 0.5) is 0 Å². The fourth-order valence-corrected chi connectivity index (χ4v) is 3.52. The molecular formula is C16H18N4O2S. The summed E-state index contributed by atoms with van der Waals surface area (Å²) in [6.45, 7) is 1.11. The number of carbonyl (C=O) groups excluding carboxylic acids is 2. The molecule has 0 aromatic carbocycles. The lowest BCUT2D eigenvalue weighted by molar-refractivity contribution is -0.134. The maximum Gasteiger partial charge on any atom is 0.228 e. The van der Waals surface area contributed by atoms with Crippen LogP contribution in [0.25, 0.3) is 10.6 Å². The zero-order valence-corrected chi connectivity index (χ0v) is 13.5. The molecule has 2 N–H and O–H groups in total. The van der Waals surface area contributed by atoms with Gasteiger partial charge in [0.1, 0.15) is 5.01 Å². The average Bonchev–Trinajstić information content (AvgIpc) is 3.04.